The quantitative estimate of drug-likeness (QED) is 0.741. The topological polar surface area (TPSA) is 21.3 Å². The molecule has 0 aromatic heterocycles. The van der Waals surface area contributed by atoms with Crippen molar-refractivity contribution < 1.29 is 4.74 Å². The van der Waals surface area contributed by atoms with Gasteiger partial charge in [0.1, 0.15) is 0 Å². The van der Waals surface area contributed by atoms with Crippen molar-refractivity contribution in [2.24, 2.45) is 5.41 Å². The second-order valence-corrected chi connectivity index (χ2v) is 6.21. The van der Waals surface area contributed by atoms with Gasteiger partial charge < -0.3 is 10.1 Å². The Morgan fingerprint density at radius 2 is 2.05 bits per heavy atom. The van der Waals surface area contributed by atoms with Gasteiger partial charge in [0, 0.05) is 30.5 Å². The van der Waals surface area contributed by atoms with Crippen LogP contribution in [0.5, 0.6) is 0 Å². The number of ether oxygens (including phenoxy) is 1. The smallest absolute Gasteiger partial charge is 0.0661 e. The molecule has 2 nitrogen and oxygen atoms in total. The van der Waals surface area contributed by atoms with Crippen molar-refractivity contribution in [3.05, 3.63) is 0 Å². The summed E-state index contributed by atoms with van der Waals surface area (Å²) in [5.74, 6) is 2.81. The molecule has 0 bridgehead atoms. The molecule has 0 amide bonds. The van der Waals surface area contributed by atoms with Crippen LogP contribution in [-0.2, 0) is 4.74 Å². The molecule has 3 unspecified atom stereocenters. The Kier molecular flexibility index (Phi) is 5.30. The van der Waals surface area contributed by atoms with E-state index in [0.717, 1.165) is 19.4 Å². The normalized spacial score (nSPS) is 30.6. The Bertz CT molecular complexity index is 314. The fourth-order valence-electron chi connectivity index (χ4n) is 4.04. The van der Waals surface area contributed by atoms with Gasteiger partial charge in [0.2, 0.25) is 0 Å². The highest BCUT2D eigenvalue weighted by Crippen LogP contribution is 2.53. The summed E-state index contributed by atoms with van der Waals surface area (Å²) in [6.07, 6.45) is 15.9. The van der Waals surface area contributed by atoms with Gasteiger partial charge in [-0.25, -0.2) is 0 Å². The molecule has 0 saturated heterocycles. The summed E-state index contributed by atoms with van der Waals surface area (Å²) in [7, 11) is 0. The maximum atomic E-state index is 6.00. The minimum atomic E-state index is 0.413. The van der Waals surface area contributed by atoms with Crippen molar-refractivity contribution in [2.75, 3.05) is 6.61 Å². The van der Waals surface area contributed by atoms with Crippen LogP contribution in [0.4, 0.5) is 0 Å². The van der Waals surface area contributed by atoms with Crippen molar-refractivity contribution in [1.29, 1.82) is 0 Å². The van der Waals surface area contributed by atoms with E-state index in [-0.39, 0.29) is 0 Å². The summed E-state index contributed by atoms with van der Waals surface area (Å²) >= 11 is 0. The lowest BCUT2D eigenvalue weighted by atomic mass is 9.55. The molecule has 2 aliphatic carbocycles. The van der Waals surface area contributed by atoms with Gasteiger partial charge in [-0.05, 0) is 32.6 Å². The molecule has 2 rings (SSSR count). The van der Waals surface area contributed by atoms with Crippen LogP contribution in [0.3, 0.4) is 0 Å². The first-order valence-corrected chi connectivity index (χ1v) is 8.08. The number of nitrogens with one attached hydrogen (secondary N) is 1. The van der Waals surface area contributed by atoms with Gasteiger partial charge in [-0.2, -0.15) is 0 Å². The maximum Gasteiger partial charge on any atom is 0.0661 e. The van der Waals surface area contributed by atoms with Gasteiger partial charge >= 0.3 is 0 Å². The van der Waals surface area contributed by atoms with Gasteiger partial charge in [-0.3, -0.25) is 0 Å². The molecular weight excluding hydrogens is 234 g/mol. The van der Waals surface area contributed by atoms with E-state index in [2.05, 4.69) is 25.1 Å². The fourth-order valence-corrected chi connectivity index (χ4v) is 4.04. The second kappa shape index (κ2) is 6.77. The molecule has 108 valence electrons. The van der Waals surface area contributed by atoms with E-state index in [1.165, 1.54) is 38.5 Å². The Morgan fingerprint density at radius 1 is 1.32 bits per heavy atom. The van der Waals surface area contributed by atoms with Gasteiger partial charge in [0.25, 0.3) is 0 Å². The summed E-state index contributed by atoms with van der Waals surface area (Å²) in [6.45, 7) is 5.19. The van der Waals surface area contributed by atoms with Crippen LogP contribution >= 0.6 is 0 Å². The minimum absolute atomic E-state index is 0.413. The first-order chi connectivity index (χ1) is 9.26. The zero-order chi connectivity index (χ0) is 13.7. The van der Waals surface area contributed by atoms with Gasteiger partial charge in [-0.1, -0.05) is 26.2 Å². The maximum absolute atomic E-state index is 6.00. The molecule has 2 heteroatoms. The first-order valence-electron chi connectivity index (χ1n) is 8.08. The average Bonchev–Trinajstić information content (AvgIpc) is 2.46. The second-order valence-electron chi connectivity index (χ2n) is 6.21. The van der Waals surface area contributed by atoms with E-state index >= 15 is 0 Å². The molecule has 0 heterocycles. The molecule has 19 heavy (non-hydrogen) atoms. The summed E-state index contributed by atoms with van der Waals surface area (Å²) in [4.78, 5) is 0. The third-order valence-electron chi connectivity index (χ3n) is 5.23. The molecular formula is C17H29NO. The third-order valence-corrected chi connectivity index (χ3v) is 5.23. The minimum Gasteiger partial charge on any atom is -0.378 e. The van der Waals surface area contributed by atoms with Crippen LogP contribution < -0.4 is 5.32 Å². The molecule has 3 atom stereocenters. The lowest BCUT2D eigenvalue weighted by Gasteiger charge is -2.58. The van der Waals surface area contributed by atoms with Crippen LogP contribution in [0.2, 0.25) is 0 Å². The monoisotopic (exact) mass is 263 g/mol. The predicted molar refractivity (Wildman–Crippen MR) is 80.0 cm³/mol. The molecule has 2 aliphatic rings. The highest BCUT2D eigenvalue weighted by molar-refractivity contribution is 5.10. The van der Waals surface area contributed by atoms with E-state index in [4.69, 9.17) is 11.2 Å². The van der Waals surface area contributed by atoms with E-state index in [0.29, 0.717) is 23.6 Å². The average molecular weight is 263 g/mol. The molecule has 0 aliphatic heterocycles. The van der Waals surface area contributed by atoms with Crippen LogP contribution in [0.1, 0.15) is 65.2 Å². The number of hydrogen-bond acceptors (Lipinski definition) is 2. The lowest BCUT2D eigenvalue weighted by Crippen LogP contribution is -2.65. The van der Waals surface area contributed by atoms with Crippen LogP contribution in [0.15, 0.2) is 0 Å². The Balaban J connectivity index is 1.98. The highest BCUT2D eigenvalue weighted by Gasteiger charge is 2.55. The highest BCUT2D eigenvalue weighted by atomic mass is 16.5. The lowest BCUT2D eigenvalue weighted by molar-refractivity contribution is -0.152. The first kappa shape index (κ1) is 14.9. The summed E-state index contributed by atoms with van der Waals surface area (Å²) < 4.78 is 6.00. The molecule has 1 N–H and O–H groups in total. The summed E-state index contributed by atoms with van der Waals surface area (Å²) in [6, 6.07) is 1.11. The molecule has 0 aromatic carbocycles. The SMILES string of the molecule is C#CCC(CC)NC1CC(OCC)C12CCCCC2. The van der Waals surface area contributed by atoms with Crippen molar-refractivity contribution in [1.82, 2.24) is 5.32 Å². The van der Waals surface area contributed by atoms with E-state index in [1.54, 1.807) is 0 Å². The van der Waals surface area contributed by atoms with Crippen LogP contribution in [-0.4, -0.2) is 24.8 Å². The summed E-state index contributed by atoms with van der Waals surface area (Å²) in [5, 5.41) is 3.83. The Hall–Kier alpha value is -0.520. The van der Waals surface area contributed by atoms with Crippen molar-refractivity contribution in [3.8, 4) is 12.3 Å². The predicted octanol–water partition coefficient (Wildman–Crippen LogP) is 3.51. The number of terminal acetylenes is 1. The van der Waals surface area contributed by atoms with Crippen molar-refractivity contribution >= 4 is 0 Å². The van der Waals surface area contributed by atoms with E-state index in [1.807, 2.05) is 0 Å². The molecule has 0 radical (unpaired) electrons. The molecule has 2 saturated carbocycles. The van der Waals surface area contributed by atoms with Crippen LogP contribution in [0.25, 0.3) is 0 Å². The molecule has 0 aromatic rings. The van der Waals surface area contributed by atoms with Crippen molar-refractivity contribution in [2.45, 2.75) is 83.4 Å². The molecule has 2 fully saturated rings. The Labute approximate surface area is 118 Å². The summed E-state index contributed by atoms with van der Waals surface area (Å²) in [5.41, 5.74) is 0.413. The standard InChI is InChI=1S/C17H29NO/c1-4-10-14(5-2)18-15-13-16(19-6-3)17(15)11-8-7-9-12-17/h1,14-16,18H,5-13H2,2-3H3. The van der Waals surface area contributed by atoms with E-state index < -0.39 is 0 Å². The largest absolute Gasteiger partial charge is 0.378 e. The third kappa shape index (κ3) is 2.98. The van der Waals surface area contributed by atoms with Crippen LogP contribution in [0, 0.1) is 17.8 Å². The molecule has 1 spiro atoms. The number of rotatable bonds is 6. The Morgan fingerprint density at radius 3 is 2.63 bits per heavy atom. The zero-order valence-electron chi connectivity index (χ0n) is 12.6. The van der Waals surface area contributed by atoms with Gasteiger partial charge in [-0.15, -0.1) is 12.3 Å². The van der Waals surface area contributed by atoms with Gasteiger partial charge in [0.05, 0.1) is 6.10 Å². The zero-order valence-corrected chi connectivity index (χ0v) is 12.6. The van der Waals surface area contributed by atoms with Crippen molar-refractivity contribution in [3.63, 3.8) is 0 Å². The number of hydrogen-bond donors (Lipinski definition) is 1. The van der Waals surface area contributed by atoms with Gasteiger partial charge in [0.15, 0.2) is 0 Å². The van der Waals surface area contributed by atoms with E-state index in [9.17, 15) is 0 Å². The fraction of sp³-hybridized carbons (Fsp3) is 0.882.